The van der Waals surface area contributed by atoms with Crippen LogP contribution in [0, 0.1) is 5.92 Å². The van der Waals surface area contributed by atoms with E-state index < -0.39 is 24.2 Å². The van der Waals surface area contributed by atoms with E-state index in [4.69, 9.17) is 0 Å². The molecular weight excluding hydrogens is 296 g/mol. The van der Waals surface area contributed by atoms with Crippen LogP contribution in [0.4, 0.5) is 17.6 Å². The average molecular weight is 312 g/mol. The third-order valence-electron chi connectivity index (χ3n) is 3.68. The van der Waals surface area contributed by atoms with Crippen molar-refractivity contribution in [3.63, 3.8) is 0 Å². The zero-order valence-electron chi connectivity index (χ0n) is 11.2. The number of hydrogen-bond donors (Lipinski definition) is 0. The molecule has 0 spiro atoms. The molecule has 2 saturated heterocycles. The smallest absolute Gasteiger partial charge is 0.361 e. The molecule has 0 radical (unpaired) electrons. The summed E-state index contributed by atoms with van der Waals surface area (Å²) in [5, 5.41) is 0.861. The van der Waals surface area contributed by atoms with Crippen LogP contribution in [0.1, 0.15) is 19.3 Å². The normalized spacial score (nSPS) is 25.1. The van der Waals surface area contributed by atoms with Crippen molar-refractivity contribution in [2.45, 2.75) is 31.6 Å². The van der Waals surface area contributed by atoms with Crippen molar-refractivity contribution in [2.24, 2.45) is 5.92 Å². The molecule has 0 aromatic heterocycles. The van der Waals surface area contributed by atoms with Gasteiger partial charge in [-0.2, -0.15) is 13.2 Å². The van der Waals surface area contributed by atoms with Crippen LogP contribution in [0.25, 0.3) is 0 Å². The molecule has 0 aromatic rings. The van der Waals surface area contributed by atoms with Crippen molar-refractivity contribution in [1.29, 1.82) is 0 Å². The zero-order chi connectivity index (χ0) is 15.6. The molecule has 2 heterocycles. The summed E-state index contributed by atoms with van der Waals surface area (Å²) in [6.45, 7) is 0.658. The Morgan fingerprint density at radius 1 is 1.05 bits per heavy atom. The van der Waals surface area contributed by atoms with Gasteiger partial charge >= 0.3 is 12.1 Å². The van der Waals surface area contributed by atoms with Crippen molar-refractivity contribution < 1.29 is 32.0 Å². The lowest BCUT2D eigenvalue weighted by atomic mass is 10.0. The van der Waals surface area contributed by atoms with Gasteiger partial charge in [0.05, 0.1) is 5.92 Å². The first-order valence-corrected chi connectivity index (χ1v) is 6.74. The van der Waals surface area contributed by atoms with Gasteiger partial charge in [-0.1, -0.05) is 0 Å². The van der Waals surface area contributed by atoms with Crippen LogP contribution in [0.2, 0.25) is 0 Å². The highest BCUT2D eigenvalue weighted by molar-refractivity contribution is 5.79. The fourth-order valence-corrected chi connectivity index (χ4v) is 2.51. The standard InChI is InChI=1S/C12H16F4N2O3/c13-9-2-4-17(5-3-9)10(19)8-1-6-18(7-8)21-11(20)12(14,15)16/h8-9H,1-7H2. The molecule has 9 heteroatoms. The van der Waals surface area contributed by atoms with E-state index >= 15 is 0 Å². The summed E-state index contributed by atoms with van der Waals surface area (Å²) in [6.07, 6.45) is -5.07. The van der Waals surface area contributed by atoms with Crippen LogP contribution in [0.15, 0.2) is 0 Å². The molecule has 0 N–H and O–H groups in total. The fraction of sp³-hybridized carbons (Fsp3) is 0.833. The Morgan fingerprint density at radius 2 is 1.67 bits per heavy atom. The first kappa shape index (κ1) is 16.0. The third-order valence-corrected chi connectivity index (χ3v) is 3.68. The molecule has 1 unspecified atom stereocenters. The number of piperidine rings is 1. The summed E-state index contributed by atoms with van der Waals surface area (Å²) in [5.74, 6) is -3.01. The lowest BCUT2D eigenvalue weighted by molar-refractivity contribution is -0.235. The minimum Gasteiger partial charge on any atom is -0.361 e. The number of carbonyl (C=O) groups is 2. The highest BCUT2D eigenvalue weighted by Gasteiger charge is 2.44. The number of likely N-dealkylation sites (tertiary alicyclic amines) is 1. The lowest BCUT2D eigenvalue weighted by Gasteiger charge is -2.30. The Kier molecular flexibility index (Phi) is 4.70. The SMILES string of the molecule is O=C(C1CCN(OC(=O)C(F)(F)F)C1)N1CCC(F)CC1. The van der Waals surface area contributed by atoms with E-state index in [1.807, 2.05) is 0 Å². The molecule has 120 valence electrons. The van der Waals surface area contributed by atoms with Crippen molar-refractivity contribution >= 4 is 11.9 Å². The topological polar surface area (TPSA) is 49.9 Å². The summed E-state index contributed by atoms with van der Waals surface area (Å²) in [7, 11) is 0. The first-order valence-electron chi connectivity index (χ1n) is 6.74. The monoisotopic (exact) mass is 312 g/mol. The zero-order valence-corrected chi connectivity index (χ0v) is 11.2. The highest BCUT2D eigenvalue weighted by Crippen LogP contribution is 2.24. The molecule has 2 fully saturated rings. The summed E-state index contributed by atoms with van der Waals surface area (Å²) < 4.78 is 49.2. The number of alkyl halides is 4. The Hall–Kier alpha value is -1.38. The van der Waals surface area contributed by atoms with Gasteiger partial charge in [0.1, 0.15) is 6.17 Å². The van der Waals surface area contributed by atoms with E-state index in [2.05, 4.69) is 4.84 Å². The van der Waals surface area contributed by atoms with Gasteiger partial charge in [-0.15, -0.1) is 5.06 Å². The number of halogens is 4. The molecule has 1 amide bonds. The summed E-state index contributed by atoms with van der Waals surface area (Å²) in [5.41, 5.74) is 0. The van der Waals surface area contributed by atoms with Gasteiger partial charge in [-0.3, -0.25) is 4.79 Å². The van der Waals surface area contributed by atoms with E-state index in [-0.39, 0.29) is 31.8 Å². The van der Waals surface area contributed by atoms with E-state index in [0.717, 1.165) is 5.06 Å². The number of amides is 1. The molecule has 0 aliphatic carbocycles. The maximum Gasteiger partial charge on any atom is 0.492 e. The van der Waals surface area contributed by atoms with E-state index in [9.17, 15) is 27.2 Å². The van der Waals surface area contributed by atoms with Gasteiger partial charge in [-0.25, -0.2) is 9.18 Å². The Bertz CT molecular complexity index is 408. The van der Waals surface area contributed by atoms with Gasteiger partial charge in [0.15, 0.2) is 0 Å². The van der Waals surface area contributed by atoms with Gasteiger partial charge in [-0.05, 0) is 19.3 Å². The maximum atomic E-state index is 13.0. The maximum absolute atomic E-state index is 13.0. The van der Waals surface area contributed by atoms with Gasteiger partial charge in [0, 0.05) is 26.2 Å². The van der Waals surface area contributed by atoms with Crippen molar-refractivity contribution in [2.75, 3.05) is 26.2 Å². The summed E-state index contributed by atoms with van der Waals surface area (Å²) in [6, 6.07) is 0. The molecule has 0 bridgehead atoms. The van der Waals surface area contributed by atoms with Crippen LogP contribution >= 0.6 is 0 Å². The van der Waals surface area contributed by atoms with E-state index in [1.54, 1.807) is 0 Å². The fourth-order valence-electron chi connectivity index (χ4n) is 2.51. The molecule has 2 rings (SSSR count). The Balaban J connectivity index is 1.82. The van der Waals surface area contributed by atoms with Crippen LogP contribution in [-0.2, 0) is 14.4 Å². The molecule has 5 nitrogen and oxygen atoms in total. The van der Waals surface area contributed by atoms with Gasteiger partial charge < -0.3 is 9.74 Å². The average Bonchev–Trinajstić information content (AvgIpc) is 2.86. The molecule has 2 aliphatic rings. The van der Waals surface area contributed by atoms with Crippen LogP contribution in [0.5, 0.6) is 0 Å². The van der Waals surface area contributed by atoms with Crippen molar-refractivity contribution in [3.8, 4) is 0 Å². The molecular formula is C12H16F4N2O3. The molecule has 0 saturated carbocycles. The molecule has 0 aromatic carbocycles. The minimum absolute atomic E-state index is 0.0593. The molecule has 2 aliphatic heterocycles. The number of hydrogen-bond acceptors (Lipinski definition) is 4. The summed E-state index contributed by atoms with van der Waals surface area (Å²) >= 11 is 0. The summed E-state index contributed by atoms with van der Waals surface area (Å²) in [4.78, 5) is 28.6. The quantitative estimate of drug-likeness (QED) is 0.721. The Labute approximate surface area is 118 Å². The number of nitrogens with zero attached hydrogens (tertiary/aromatic N) is 2. The molecule has 21 heavy (non-hydrogen) atoms. The lowest BCUT2D eigenvalue weighted by Crippen LogP contribution is -2.43. The molecule has 1 atom stereocenters. The van der Waals surface area contributed by atoms with Crippen LogP contribution in [0.3, 0.4) is 0 Å². The van der Waals surface area contributed by atoms with Crippen molar-refractivity contribution in [3.05, 3.63) is 0 Å². The third kappa shape index (κ3) is 4.05. The second-order valence-electron chi connectivity index (χ2n) is 5.25. The predicted octanol–water partition coefficient (Wildman–Crippen LogP) is 1.29. The van der Waals surface area contributed by atoms with Gasteiger partial charge in [0.25, 0.3) is 0 Å². The Morgan fingerprint density at radius 3 is 2.24 bits per heavy atom. The second-order valence-corrected chi connectivity index (χ2v) is 5.25. The highest BCUT2D eigenvalue weighted by atomic mass is 19.4. The first-order chi connectivity index (χ1) is 9.77. The number of carbonyl (C=O) groups excluding carboxylic acids is 2. The number of hydroxylamine groups is 2. The van der Waals surface area contributed by atoms with Crippen LogP contribution in [-0.4, -0.2) is 60.4 Å². The van der Waals surface area contributed by atoms with E-state index in [1.165, 1.54) is 4.90 Å². The predicted molar refractivity (Wildman–Crippen MR) is 62.5 cm³/mol. The minimum atomic E-state index is -5.05. The second kappa shape index (κ2) is 6.17. The van der Waals surface area contributed by atoms with Gasteiger partial charge in [0.2, 0.25) is 5.91 Å². The van der Waals surface area contributed by atoms with Crippen LogP contribution < -0.4 is 0 Å². The van der Waals surface area contributed by atoms with Crippen molar-refractivity contribution in [1.82, 2.24) is 9.96 Å². The largest absolute Gasteiger partial charge is 0.492 e. The van der Waals surface area contributed by atoms with E-state index in [0.29, 0.717) is 19.5 Å². The number of rotatable bonds is 2.